The van der Waals surface area contributed by atoms with Crippen LogP contribution in [0.15, 0.2) is 18.2 Å². The van der Waals surface area contributed by atoms with E-state index in [1.807, 2.05) is 7.05 Å². The van der Waals surface area contributed by atoms with Gasteiger partial charge in [-0.2, -0.15) is 0 Å². The first kappa shape index (κ1) is 12.8. The largest absolute Gasteiger partial charge is 0.318 e. The first-order chi connectivity index (χ1) is 8.20. The van der Waals surface area contributed by atoms with Crippen LogP contribution in [0, 0.1) is 5.82 Å². The van der Waals surface area contributed by atoms with Gasteiger partial charge in [0.2, 0.25) is 0 Å². The van der Waals surface area contributed by atoms with E-state index in [0.717, 1.165) is 25.2 Å². The molecule has 0 spiro atoms. The number of hydrogen-bond donors (Lipinski definition) is 1. The molecule has 0 amide bonds. The molecular formula is C13H18ClFN2. The number of hydrogen-bond acceptors (Lipinski definition) is 2. The Kier molecular flexibility index (Phi) is 4.37. The van der Waals surface area contributed by atoms with Crippen molar-refractivity contribution in [1.29, 1.82) is 0 Å². The number of halogens is 2. The minimum atomic E-state index is -0.214. The lowest BCUT2D eigenvalue weighted by Crippen LogP contribution is -2.36. The predicted molar refractivity (Wildman–Crippen MR) is 68.8 cm³/mol. The van der Waals surface area contributed by atoms with Gasteiger partial charge in [-0.1, -0.05) is 11.6 Å². The van der Waals surface area contributed by atoms with E-state index in [4.69, 9.17) is 11.6 Å². The third-order valence-corrected chi connectivity index (χ3v) is 3.69. The van der Waals surface area contributed by atoms with Crippen LogP contribution in [0.4, 0.5) is 4.39 Å². The Labute approximate surface area is 107 Å². The van der Waals surface area contributed by atoms with E-state index < -0.39 is 0 Å². The molecule has 0 aromatic heterocycles. The monoisotopic (exact) mass is 256 g/mol. The normalized spacial score (nSPS) is 21.0. The van der Waals surface area contributed by atoms with Crippen LogP contribution in [0.5, 0.6) is 0 Å². The average molecular weight is 257 g/mol. The summed E-state index contributed by atoms with van der Waals surface area (Å²) in [5, 5.41) is 3.86. The zero-order chi connectivity index (χ0) is 12.3. The summed E-state index contributed by atoms with van der Waals surface area (Å²) in [5.74, 6) is -0.214. The van der Waals surface area contributed by atoms with Crippen LogP contribution < -0.4 is 5.32 Å². The maximum absolute atomic E-state index is 13.2. The van der Waals surface area contributed by atoms with Gasteiger partial charge in [0.05, 0.1) is 0 Å². The minimum absolute atomic E-state index is 0.214. The summed E-state index contributed by atoms with van der Waals surface area (Å²) in [5.41, 5.74) is 0.884. The van der Waals surface area contributed by atoms with Gasteiger partial charge in [-0.15, -0.1) is 0 Å². The molecule has 1 heterocycles. The summed E-state index contributed by atoms with van der Waals surface area (Å²) >= 11 is 6.09. The molecule has 0 aliphatic carbocycles. The maximum Gasteiger partial charge on any atom is 0.123 e. The van der Waals surface area contributed by atoms with Crippen molar-refractivity contribution in [1.82, 2.24) is 10.2 Å². The second-order valence-electron chi connectivity index (χ2n) is 4.56. The molecule has 1 aliphatic heterocycles. The topological polar surface area (TPSA) is 15.3 Å². The molecule has 2 rings (SSSR count). The van der Waals surface area contributed by atoms with E-state index in [9.17, 15) is 4.39 Å². The summed E-state index contributed by atoms with van der Waals surface area (Å²) in [6.07, 6.45) is 2.41. The highest BCUT2D eigenvalue weighted by Gasteiger charge is 2.24. The van der Waals surface area contributed by atoms with Gasteiger partial charge in [-0.05, 0) is 50.2 Å². The van der Waals surface area contributed by atoms with E-state index in [2.05, 4.69) is 10.2 Å². The molecule has 1 fully saturated rings. The molecule has 0 saturated carbocycles. The van der Waals surface area contributed by atoms with Crippen LogP contribution in [0.25, 0.3) is 0 Å². The molecular weight excluding hydrogens is 239 g/mol. The zero-order valence-electron chi connectivity index (χ0n) is 10.0. The summed E-state index contributed by atoms with van der Waals surface area (Å²) in [4.78, 5) is 2.37. The molecule has 2 nitrogen and oxygen atoms in total. The molecule has 1 aliphatic rings. The highest BCUT2D eigenvalue weighted by Crippen LogP contribution is 2.24. The summed E-state index contributed by atoms with van der Waals surface area (Å²) in [6, 6.07) is 5.12. The van der Waals surface area contributed by atoms with Crippen molar-refractivity contribution in [2.75, 3.05) is 20.1 Å². The number of rotatable bonds is 4. The quantitative estimate of drug-likeness (QED) is 0.891. The SMILES string of the molecule is CNCC1CCCN1Cc1cc(F)ccc1Cl. The number of nitrogens with zero attached hydrogens (tertiary/aromatic N) is 1. The molecule has 4 heteroatoms. The molecule has 94 valence electrons. The first-order valence-electron chi connectivity index (χ1n) is 6.03. The molecule has 17 heavy (non-hydrogen) atoms. The van der Waals surface area contributed by atoms with Gasteiger partial charge in [-0.25, -0.2) is 4.39 Å². The van der Waals surface area contributed by atoms with Crippen molar-refractivity contribution in [3.05, 3.63) is 34.6 Å². The lowest BCUT2D eigenvalue weighted by atomic mass is 10.1. The van der Waals surface area contributed by atoms with E-state index in [1.165, 1.54) is 25.0 Å². The van der Waals surface area contributed by atoms with Gasteiger partial charge in [-0.3, -0.25) is 4.90 Å². The second kappa shape index (κ2) is 5.80. The molecule has 1 aromatic rings. The Hall–Kier alpha value is -0.640. The summed E-state index contributed by atoms with van der Waals surface area (Å²) in [6.45, 7) is 2.79. The fourth-order valence-corrected chi connectivity index (χ4v) is 2.63. The van der Waals surface area contributed by atoms with Gasteiger partial charge >= 0.3 is 0 Å². The van der Waals surface area contributed by atoms with Crippen molar-refractivity contribution in [2.24, 2.45) is 0 Å². The van der Waals surface area contributed by atoms with Crippen LogP contribution >= 0.6 is 11.6 Å². The zero-order valence-corrected chi connectivity index (χ0v) is 10.8. The predicted octanol–water partition coefficient (Wildman–Crippen LogP) is 2.66. The highest BCUT2D eigenvalue weighted by atomic mass is 35.5. The Morgan fingerprint density at radius 3 is 3.12 bits per heavy atom. The Morgan fingerprint density at radius 1 is 1.53 bits per heavy atom. The average Bonchev–Trinajstić information content (AvgIpc) is 2.72. The van der Waals surface area contributed by atoms with Gasteiger partial charge in [0, 0.05) is 24.2 Å². The van der Waals surface area contributed by atoms with E-state index in [-0.39, 0.29) is 5.82 Å². The second-order valence-corrected chi connectivity index (χ2v) is 4.97. The lowest BCUT2D eigenvalue weighted by molar-refractivity contribution is 0.242. The smallest absolute Gasteiger partial charge is 0.123 e. The van der Waals surface area contributed by atoms with Gasteiger partial charge in [0.15, 0.2) is 0 Å². The first-order valence-corrected chi connectivity index (χ1v) is 6.41. The molecule has 0 bridgehead atoms. The van der Waals surface area contributed by atoms with E-state index in [1.54, 1.807) is 6.07 Å². The third-order valence-electron chi connectivity index (χ3n) is 3.32. The standard InChI is InChI=1S/C13H18ClFN2/c1-16-8-12-3-2-6-17(12)9-10-7-11(15)4-5-13(10)14/h4-5,7,12,16H,2-3,6,8-9H2,1H3. The van der Waals surface area contributed by atoms with Crippen LogP contribution in [0.1, 0.15) is 18.4 Å². The molecule has 1 aromatic carbocycles. The summed E-state index contributed by atoms with van der Waals surface area (Å²) < 4.78 is 13.2. The van der Waals surface area contributed by atoms with Crippen LogP contribution in [0.2, 0.25) is 5.02 Å². The van der Waals surface area contributed by atoms with Crippen molar-refractivity contribution < 1.29 is 4.39 Å². The fourth-order valence-electron chi connectivity index (χ4n) is 2.45. The van der Waals surface area contributed by atoms with E-state index in [0.29, 0.717) is 11.1 Å². The van der Waals surface area contributed by atoms with Crippen molar-refractivity contribution in [3.8, 4) is 0 Å². The van der Waals surface area contributed by atoms with Crippen molar-refractivity contribution >= 4 is 11.6 Å². The molecule has 1 saturated heterocycles. The lowest BCUT2D eigenvalue weighted by Gasteiger charge is -2.24. The molecule has 1 atom stereocenters. The van der Waals surface area contributed by atoms with Gasteiger partial charge in [0.25, 0.3) is 0 Å². The number of nitrogens with one attached hydrogen (secondary N) is 1. The van der Waals surface area contributed by atoms with Crippen LogP contribution in [0.3, 0.4) is 0 Å². The summed E-state index contributed by atoms with van der Waals surface area (Å²) in [7, 11) is 1.96. The Balaban J connectivity index is 2.06. The Morgan fingerprint density at radius 2 is 2.35 bits per heavy atom. The van der Waals surface area contributed by atoms with Crippen LogP contribution in [-0.2, 0) is 6.54 Å². The Bertz CT molecular complexity index is 384. The number of likely N-dealkylation sites (N-methyl/N-ethyl adjacent to an activating group) is 1. The van der Waals surface area contributed by atoms with Crippen LogP contribution in [-0.4, -0.2) is 31.1 Å². The molecule has 1 N–H and O–H groups in total. The van der Waals surface area contributed by atoms with Gasteiger partial charge in [0.1, 0.15) is 5.82 Å². The number of benzene rings is 1. The van der Waals surface area contributed by atoms with E-state index >= 15 is 0 Å². The molecule has 1 unspecified atom stereocenters. The van der Waals surface area contributed by atoms with Crippen molar-refractivity contribution in [3.63, 3.8) is 0 Å². The molecule has 0 radical (unpaired) electrons. The van der Waals surface area contributed by atoms with Crippen molar-refractivity contribution in [2.45, 2.75) is 25.4 Å². The maximum atomic E-state index is 13.2. The fraction of sp³-hybridized carbons (Fsp3) is 0.538. The van der Waals surface area contributed by atoms with Gasteiger partial charge < -0.3 is 5.32 Å². The third kappa shape index (κ3) is 3.18. The highest BCUT2D eigenvalue weighted by molar-refractivity contribution is 6.31. The number of likely N-dealkylation sites (tertiary alicyclic amines) is 1. The minimum Gasteiger partial charge on any atom is -0.318 e.